The second-order valence-corrected chi connectivity index (χ2v) is 4.69. The van der Waals surface area contributed by atoms with Crippen LogP contribution < -0.4 is 10.1 Å². The van der Waals surface area contributed by atoms with Crippen LogP contribution in [0.4, 0.5) is 10.1 Å². The van der Waals surface area contributed by atoms with Gasteiger partial charge in [0.2, 0.25) is 5.91 Å². The van der Waals surface area contributed by atoms with Crippen LogP contribution in [0.25, 0.3) is 0 Å². The lowest BCUT2D eigenvalue weighted by molar-refractivity contribution is -0.151. The summed E-state index contributed by atoms with van der Waals surface area (Å²) in [7, 11) is 0. The first-order valence-corrected chi connectivity index (χ1v) is 6.49. The number of ether oxygens (including phenoxy) is 1. The van der Waals surface area contributed by atoms with E-state index in [9.17, 15) is 14.0 Å². The number of nitrogens with one attached hydrogen (secondary N) is 1. The minimum absolute atomic E-state index is 0.243. The van der Waals surface area contributed by atoms with Crippen LogP contribution in [0.5, 0.6) is 5.75 Å². The van der Waals surface area contributed by atoms with E-state index in [1.165, 1.54) is 18.2 Å². The van der Waals surface area contributed by atoms with E-state index in [0.29, 0.717) is 25.1 Å². The van der Waals surface area contributed by atoms with Crippen LogP contribution in [0.15, 0.2) is 18.2 Å². The number of aliphatic carboxylic acids is 1. The molecule has 108 valence electrons. The Morgan fingerprint density at radius 1 is 1.40 bits per heavy atom. The number of carboxylic acids is 1. The lowest BCUT2D eigenvalue weighted by Gasteiger charge is -2.32. The van der Waals surface area contributed by atoms with Crippen molar-refractivity contribution in [3.8, 4) is 5.75 Å². The zero-order valence-corrected chi connectivity index (χ0v) is 11.1. The first-order valence-electron chi connectivity index (χ1n) is 6.49. The molecule has 0 radical (unpaired) electrons. The summed E-state index contributed by atoms with van der Waals surface area (Å²) in [5.41, 5.74) is 0.356. The Morgan fingerprint density at radius 3 is 2.65 bits per heavy atom. The molecule has 0 bridgehead atoms. The number of carboxylic acid groups (broad SMARTS) is 1. The van der Waals surface area contributed by atoms with Crippen LogP contribution in [0.3, 0.4) is 0 Å². The van der Waals surface area contributed by atoms with Crippen LogP contribution >= 0.6 is 0 Å². The van der Waals surface area contributed by atoms with E-state index in [0.717, 1.165) is 0 Å². The fourth-order valence-corrected chi connectivity index (χ4v) is 2.21. The van der Waals surface area contributed by atoms with Crippen molar-refractivity contribution in [1.29, 1.82) is 0 Å². The number of rotatable bonds is 5. The molecular weight excluding hydrogens is 265 g/mol. The molecule has 1 amide bonds. The van der Waals surface area contributed by atoms with Crippen molar-refractivity contribution in [2.45, 2.75) is 19.8 Å². The molecule has 5 nitrogen and oxygen atoms in total. The minimum Gasteiger partial charge on any atom is -0.492 e. The maximum Gasteiger partial charge on any atom is 0.307 e. The summed E-state index contributed by atoms with van der Waals surface area (Å²) in [6.07, 6.45) is 1.06. The number of benzene rings is 1. The first-order chi connectivity index (χ1) is 9.52. The SMILES string of the molecule is CCOc1cc(F)ccc1NC(=O)C1CCC1C(=O)O. The molecule has 2 N–H and O–H groups in total. The fraction of sp³-hybridized carbons (Fsp3) is 0.429. The predicted molar refractivity (Wildman–Crippen MR) is 70.0 cm³/mol. The summed E-state index contributed by atoms with van der Waals surface area (Å²) in [5.74, 6) is -2.71. The summed E-state index contributed by atoms with van der Waals surface area (Å²) in [4.78, 5) is 22.9. The van der Waals surface area contributed by atoms with Crippen molar-refractivity contribution in [3.63, 3.8) is 0 Å². The summed E-state index contributed by atoms with van der Waals surface area (Å²) in [6.45, 7) is 2.09. The third kappa shape index (κ3) is 2.89. The normalized spacial score (nSPS) is 20.9. The average Bonchev–Trinajstić information content (AvgIpc) is 2.30. The topological polar surface area (TPSA) is 75.6 Å². The summed E-state index contributed by atoms with van der Waals surface area (Å²) >= 11 is 0. The Bertz CT molecular complexity index is 532. The molecule has 1 aliphatic rings. The van der Waals surface area contributed by atoms with Crippen molar-refractivity contribution in [1.82, 2.24) is 0 Å². The van der Waals surface area contributed by atoms with Gasteiger partial charge in [-0.25, -0.2) is 4.39 Å². The number of anilines is 1. The highest BCUT2D eigenvalue weighted by Crippen LogP contribution is 2.36. The molecular formula is C14H16FNO4. The van der Waals surface area contributed by atoms with E-state index in [1.54, 1.807) is 6.92 Å². The maximum atomic E-state index is 13.1. The van der Waals surface area contributed by atoms with Gasteiger partial charge in [0.15, 0.2) is 0 Å². The number of hydrogen-bond acceptors (Lipinski definition) is 3. The predicted octanol–water partition coefficient (Wildman–Crippen LogP) is 2.27. The molecule has 2 unspecified atom stereocenters. The smallest absolute Gasteiger partial charge is 0.307 e. The van der Waals surface area contributed by atoms with E-state index in [-0.39, 0.29) is 11.7 Å². The van der Waals surface area contributed by atoms with E-state index in [2.05, 4.69) is 5.32 Å². The number of carbonyl (C=O) groups is 2. The van der Waals surface area contributed by atoms with Crippen LogP contribution in [-0.2, 0) is 9.59 Å². The van der Waals surface area contributed by atoms with Gasteiger partial charge in [0.05, 0.1) is 24.1 Å². The van der Waals surface area contributed by atoms with Gasteiger partial charge in [-0.1, -0.05) is 0 Å². The van der Waals surface area contributed by atoms with Gasteiger partial charge in [0.25, 0.3) is 0 Å². The number of carbonyl (C=O) groups excluding carboxylic acids is 1. The summed E-state index contributed by atoms with van der Waals surface area (Å²) in [5, 5.41) is 11.6. The molecule has 2 atom stereocenters. The molecule has 0 spiro atoms. The minimum atomic E-state index is -0.958. The highest BCUT2D eigenvalue weighted by molar-refractivity contribution is 5.97. The number of halogens is 1. The lowest BCUT2D eigenvalue weighted by atomic mass is 9.73. The Hall–Kier alpha value is -2.11. The Morgan fingerprint density at radius 2 is 2.10 bits per heavy atom. The van der Waals surface area contributed by atoms with Crippen LogP contribution in [0, 0.1) is 17.7 Å². The fourth-order valence-electron chi connectivity index (χ4n) is 2.21. The highest BCUT2D eigenvalue weighted by atomic mass is 19.1. The van der Waals surface area contributed by atoms with Crippen molar-refractivity contribution >= 4 is 17.6 Å². The van der Waals surface area contributed by atoms with Gasteiger partial charge in [-0.3, -0.25) is 9.59 Å². The standard InChI is InChI=1S/C14H16FNO4/c1-2-20-12-7-8(15)3-6-11(12)16-13(17)9-4-5-10(9)14(18)19/h3,6-7,9-10H,2,4-5H2,1H3,(H,16,17)(H,18,19). The second kappa shape index (κ2) is 5.90. The molecule has 0 aromatic heterocycles. The summed E-state index contributed by atoms with van der Waals surface area (Å²) < 4.78 is 18.4. The van der Waals surface area contributed by atoms with E-state index in [1.807, 2.05) is 0 Å². The van der Waals surface area contributed by atoms with E-state index in [4.69, 9.17) is 9.84 Å². The van der Waals surface area contributed by atoms with Crippen molar-refractivity contribution in [3.05, 3.63) is 24.0 Å². The van der Waals surface area contributed by atoms with Crippen molar-refractivity contribution in [2.75, 3.05) is 11.9 Å². The summed E-state index contributed by atoms with van der Waals surface area (Å²) in [6, 6.07) is 3.81. The van der Waals surface area contributed by atoms with Crippen LogP contribution in [0.2, 0.25) is 0 Å². The average molecular weight is 281 g/mol. The van der Waals surface area contributed by atoms with Gasteiger partial charge in [-0.15, -0.1) is 0 Å². The Balaban J connectivity index is 2.10. The molecule has 6 heteroatoms. The zero-order valence-electron chi connectivity index (χ0n) is 11.1. The first kappa shape index (κ1) is 14.3. The second-order valence-electron chi connectivity index (χ2n) is 4.69. The molecule has 1 aliphatic carbocycles. The third-order valence-corrected chi connectivity index (χ3v) is 3.43. The number of hydrogen-bond donors (Lipinski definition) is 2. The van der Waals surface area contributed by atoms with Gasteiger partial charge in [0.1, 0.15) is 11.6 Å². The third-order valence-electron chi connectivity index (χ3n) is 3.43. The van der Waals surface area contributed by atoms with Crippen LogP contribution in [0.1, 0.15) is 19.8 Å². The van der Waals surface area contributed by atoms with Crippen molar-refractivity contribution < 1.29 is 23.8 Å². The molecule has 2 rings (SSSR count). The van der Waals surface area contributed by atoms with Gasteiger partial charge >= 0.3 is 5.97 Å². The molecule has 1 saturated carbocycles. The molecule has 1 aromatic carbocycles. The highest BCUT2D eigenvalue weighted by Gasteiger charge is 2.41. The Labute approximate surface area is 115 Å². The largest absolute Gasteiger partial charge is 0.492 e. The quantitative estimate of drug-likeness (QED) is 0.868. The maximum absolute atomic E-state index is 13.1. The zero-order chi connectivity index (χ0) is 14.7. The van der Waals surface area contributed by atoms with Crippen LogP contribution in [-0.4, -0.2) is 23.6 Å². The van der Waals surface area contributed by atoms with Gasteiger partial charge in [-0.05, 0) is 31.9 Å². The van der Waals surface area contributed by atoms with Gasteiger partial charge in [-0.2, -0.15) is 0 Å². The monoisotopic (exact) mass is 281 g/mol. The lowest BCUT2D eigenvalue weighted by Crippen LogP contribution is -2.41. The molecule has 20 heavy (non-hydrogen) atoms. The number of amides is 1. The van der Waals surface area contributed by atoms with Gasteiger partial charge < -0.3 is 15.2 Å². The van der Waals surface area contributed by atoms with E-state index >= 15 is 0 Å². The van der Waals surface area contributed by atoms with Gasteiger partial charge in [0, 0.05) is 6.07 Å². The molecule has 0 aliphatic heterocycles. The molecule has 0 heterocycles. The molecule has 1 aromatic rings. The van der Waals surface area contributed by atoms with Crippen molar-refractivity contribution in [2.24, 2.45) is 11.8 Å². The van der Waals surface area contributed by atoms with E-state index < -0.39 is 23.6 Å². The Kier molecular flexibility index (Phi) is 4.22. The molecule has 1 fully saturated rings. The molecule has 0 saturated heterocycles.